The zero-order valence-electron chi connectivity index (χ0n) is 13.1. The number of methoxy groups -OCH3 is 1. The average Bonchev–Trinajstić information content (AvgIpc) is 3.12. The third-order valence-corrected chi connectivity index (χ3v) is 4.56. The molecule has 0 bridgehead atoms. The maximum Gasteiger partial charge on any atom is 0.124 e. The second-order valence-corrected chi connectivity index (χ2v) is 6.18. The Labute approximate surface area is 149 Å². The number of ether oxygens (including phenoxy) is 1. The largest absolute Gasteiger partial charge is 0.497 e. The number of alkyl halides is 1. The Kier molecular flexibility index (Phi) is 5.13. The van der Waals surface area contributed by atoms with Crippen LogP contribution in [0.15, 0.2) is 58.9 Å². The van der Waals surface area contributed by atoms with Crippen LogP contribution >= 0.6 is 22.9 Å². The fourth-order valence-corrected chi connectivity index (χ4v) is 3.09. The summed E-state index contributed by atoms with van der Waals surface area (Å²) in [7, 11) is 1.66. The molecule has 1 heterocycles. The molecule has 0 atom stereocenters. The topological polar surface area (TPSA) is 60.5 Å². The van der Waals surface area contributed by atoms with Crippen molar-refractivity contribution in [2.24, 2.45) is 10.7 Å². The molecule has 3 aromatic rings. The van der Waals surface area contributed by atoms with Gasteiger partial charge >= 0.3 is 0 Å². The normalized spacial score (nSPS) is 11.5. The highest BCUT2D eigenvalue weighted by Crippen LogP contribution is 2.31. The molecule has 2 N–H and O–H groups in total. The summed E-state index contributed by atoms with van der Waals surface area (Å²) in [6.45, 7) is 0. The fourth-order valence-electron chi connectivity index (χ4n) is 2.20. The summed E-state index contributed by atoms with van der Waals surface area (Å²) >= 11 is 7.27. The van der Waals surface area contributed by atoms with Crippen LogP contribution in [0.25, 0.3) is 21.8 Å². The SMILES string of the molecule is COc1ccc(-c2csc(-c3cccc(N=C(N)CCl)c3)n2)cc1. The number of thiazole rings is 1. The lowest BCUT2D eigenvalue weighted by atomic mass is 10.1. The van der Waals surface area contributed by atoms with Crippen molar-refractivity contribution >= 4 is 34.5 Å². The van der Waals surface area contributed by atoms with E-state index in [1.165, 1.54) is 0 Å². The predicted molar refractivity (Wildman–Crippen MR) is 102 cm³/mol. The fraction of sp³-hybridized carbons (Fsp3) is 0.111. The summed E-state index contributed by atoms with van der Waals surface area (Å²) in [5.41, 5.74) is 9.46. The number of benzene rings is 2. The van der Waals surface area contributed by atoms with Gasteiger partial charge in [0.1, 0.15) is 16.6 Å². The number of rotatable bonds is 5. The zero-order valence-corrected chi connectivity index (χ0v) is 14.6. The standard InChI is InChI=1S/C18H16ClN3OS/c1-23-15-7-5-12(6-8-15)16-11-24-18(22-16)13-3-2-4-14(9-13)21-17(20)10-19/h2-9,11H,10H2,1H3,(H2,20,21). The highest BCUT2D eigenvalue weighted by Gasteiger charge is 2.07. The first-order chi connectivity index (χ1) is 11.7. The lowest BCUT2D eigenvalue weighted by molar-refractivity contribution is 0.415. The number of aromatic nitrogens is 1. The molecule has 0 aliphatic heterocycles. The Hall–Kier alpha value is -2.37. The molecule has 24 heavy (non-hydrogen) atoms. The first kappa shape index (κ1) is 16.5. The van der Waals surface area contributed by atoms with Crippen LogP contribution in [-0.2, 0) is 0 Å². The third-order valence-electron chi connectivity index (χ3n) is 3.39. The third kappa shape index (κ3) is 3.75. The van der Waals surface area contributed by atoms with Crippen LogP contribution in [0.3, 0.4) is 0 Å². The van der Waals surface area contributed by atoms with Crippen molar-refractivity contribution in [3.05, 3.63) is 53.9 Å². The van der Waals surface area contributed by atoms with E-state index < -0.39 is 0 Å². The molecule has 4 nitrogen and oxygen atoms in total. The molecular formula is C18H16ClN3OS. The maximum absolute atomic E-state index is 5.69. The predicted octanol–water partition coefficient (Wildman–Crippen LogP) is 4.71. The second-order valence-electron chi connectivity index (χ2n) is 5.05. The van der Waals surface area contributed by atoms with Crippen molar-refractivity contribution < 1.29 is 4.74 Å². The van der Waals surface area contributed by atoms with Gasteiger partial charge in [0.25, 0.3) is 0 Å². The van der Waals surface area contributed by atoms with Gasteiger partial charge in [0.15, 0.2) is 0 Å². The maximum atomic E-state index is 5.69. The molecule has 0 aliphatic carbocycles. The van der Waals surface area contributed by atoms with Crippen LogP contribution in [0.2, 0.25) is 0 Å². The quantitative estimate of drug-likeness (QED) is 0.408. The summed E-state index contributed by atoms with van der Waals surface area (Å²) in [6, 6.07) is 15.6. The van der Waals surface area contributed by atoms with Gasteiger partial charge in [0.05, 0.1) is 24.4 Å². The molecule has 0 unspecified atom stereocenters. The van der Waals surface area contributed by atoms with Crippen LogP contribution in [0.4, 0.5) is 5.69 Å². The van der Waals surface area contributed by atoms with E-state index in [1.807, 2.05) is 53.9 Å². The van der Waals surface area contributed by atoms with Crippen molar-refractivity contribution in [1.29, 1.82) is 0 Å². The molecule has 6 heteroatoms. The minimum atomic E-state index is 0.211. The molecule has 0 aliphatic rings. The van der Waals surface area contributed by atoms with E-state index in [9.17, 15) is 0 Å². The summed E-state index contributed by atoms with van der Waals surface area (Å²) in [5, 5.41) is 2.97. The van der Waals surface area contributed by atoms with Gasteiger partial charge in [-0.25, -0.2) is 9.98 Å². The van der Waals surface area contributed by atoms with Gasteiger partial charge in [-0.1, -0.05) is 12.1 Å². The molecule has 122 valence electrons. The molecule has 0 amide bonds. The number of hydrogen-bond acceptors (Lipinski definition) is 4. The monoisotopic (exact) mass is 357 g/mol. The summed E-state index contributed by atoms with van der Waals surface area (Å²) < 4.78 is 5.18. The molecule has 1 aromatic heterocycles. The zero-order chi connectivity index (χ0) is 16.9. The van der Waals surface area contributed by atoms with E-state index in [4.69, 9.17) is 27.1 Å². The molecule has 0 fully saturated rings. The van der Waals surface area contributed by atoms with E-state index in [2.05, 4.69) is 4.99 Å². The highest BCUT2D eigenvalue weighted by atomic mass is 35.5. The highest BCUT2D eigenvalue weighted by molar-refractivity contribution is 7.13. The Morgan fingerprint density at radius 1 is 1.21 bits per heavy atom. The van der Waals surface area contributed by atoms with E-state index in [0.717, 1.165) is 33.3 Å². The van der Waals surface area contributed by atoms with Gasteiger partial charge in [-0.2, -0.15) is 0 Å². The summed E-state index contributed by atoms with van der Waals surface area (Å²) in [5.74, 6) is 1.44. The summed E-state index contributed by atoms with van der Waals surface area (Å²) in [6.07, 6.45) is 0. The molecule has 0 saturated heterocycles. The van der Waals surface area contributed by atoms with E-state index in [1.54, 1.807) is 18.4 Å². The van der Waals surface area contributed by atoms with E-state index >= 15 is 0 Å². The van der Waals surface area contributed by atoms with Crippen LogP contribution in [0.1, 0.15) is 0 Å². The number of nitrogens with zero attached hydrogens (tertiary/aromatic N) is 2. The molecule has 2 aromatic carbocycles. The van der Waals surface area contributed by atoms with Gasteiger partial charge in [0.2, 0.25) is 0 Å². The molecule has 0 saturated carbocycles. The average molecular weight is 358 g/mol. The van der Waals surface area contributed by atoms with Gasteiger partial charge in [-0.3, -0.25) is 0 Å². The van der Waals surface area contributed by atoms with E-state index in [0.29, 0.717) is 5.84 Å². The van der Waals surface area contributed by atoms with Gasteiger partial charge < -0.3 is 10.5 Å². The first-order valence-corrected chi connectivity index (χ1v) is 8.70. The van der Waals surface area contributed by atoms with Crippen LogP contribution in [0, 0.1) is 0 Å². The Morgan fingerprint density at radius 2 is 2.00 bits per heavy atom. The number of hydrogen-bond donors (Lipinski definition) is 1. The van der Waals surface area contributed by atoms with E-state index in [-0.39, 0.29) is 5.88 Å². The van der Waals surface area contributed by atoms with Crippen molar-refractivity contribution in [3.63, 3.8) is 0 Å². The molecular weight excluding hydrogens is 342 g/mol. The van der Waals surface area contributed by atoms with Crippen molar-refractivity contribution in [1.82, 2.24) is 4.98 Å². The Balaban J connectivity index is 1.88. The minimum absolute atomic E-state index is 0.211. The number of halogens is 1. The lowest BCUT2D eigenvalue weighted by Gasteiger charge is -2.01. The molecule has 0 radical (unpaired) electrons. The number of amidine groups is 1. The Morgan fingerprint density at radius 3 is 2.71 bits per heavy atom. The Bertz CT molecular complexity index is 859. The van der Waals surface area contributed by atoms with Gasteiger partial charge in [0, 0.05) is 16.5 Å². The first-order valence-electron chi connectivity index (χ1n) is 7.29. The van der Waals surface area contributed by atoms with Gasteiger partial charge in [-0.15, -0.1) is 22.9 Å². The van der Waals surface area contributed by atoms with Crippen molar-refractivity contribution in [2.75, 3.05) is 13.0 Å². The minimum Gasteiger partial charge on any atom is -0.497 e. The van der Waals surface area contributed by atoms with Crippen LogP contribution in [0.5, 0.6) is 5.75 Å². The lowest BCUT2D eigenvalue weighted by Crippen LogP contribution is -2.12. The summed E-state index contributed by atoms with van der Waals surface area (Å²) in [4.78, 5) is 8.99. The number of nitrogens with two attached hydrogens (primary N) is 1. The van der Waals surface area contributed by atoms with Gasteiger partial charge in [-0.05, 0) is 36.4 Å². The number of aliphatic imine (C=N–C) groups is 1. The van der Waals surface area contributed by atoms with Crippen molar-refractivity contribution in [3.8, 4) is 27.6 Å². The molecule has 3 rings (SSSR count). The van der Waals surface area contributed by atoms with Crippen LogP contribution < -0.4 is 10.5 Å². The smallest absolute Gasteiger partial charge is 0.124 e. The second kappa shape index (κ2) is 7.47. The molecule has 0 spiro atoms. The van der Waals surface area contributed by atoms with Crippen LogP contribution in [-0.4, -0.2) is 23.8 Å². The van der Waals surface area contributed by atoms with Crippen molar-refractivity contribution in [2.45, 2.75) is 0 Å².